The third-order valence-corrected chi connectivity index (χ3v) is 3.59. The number of nitrogens with zero attached hydrogens (tertiary/aromatic N) is 3. The molecule has 3 aromatic rings. The summed E-state index contributed by atoms with van der Waals surface area (Å²) in [6.07, 6.45) is 0. The van der Waals surface area contributed by atoms with Gasteiger partial charge in [0, 0.05) is 5.02 Å². The lowest BCUT2D eigenvalue weighted by Crippen LogP contribution is -2.22. The number of benzene rings is 2. The Morgan fingerprint density at radius 3 is 2.65 bits per heavy atom. The summed E-state index contributed by atoms with van der Waals surface area (Å²) in [6, 6.07) is 13.9. The number of hydrogen-bond acceptors (Lipinski definition) is 5. The summed E-state index contributed by atoms with van der Waals surface area (Å²) in [6.45, 7) is 1.79. The zero-order valence-electron chi connectivity index (χ0n) is 12.2. The zero-order chi connectivity index (χ0) is 16.4. The molecule has 6 nitrogen and oxygen atoms in total. The van der Waals surface area contributed by atoms with Gasteiger partial charge in [0.15, 0.2) is 0 Å². The first-order chi connectivity index (χ1) is 11.1. The molecule has 2 aromatic carbocycles. The van der Waals surface area contributed by atoms with E-state index in [2.05, 4.69) is 15.5 Å². The van der Waals surface area contributed by atoms with Crippen molar-refractivity contribution in [3.8, 4) is 0 Å². The number of anilines is 1. The molecule has 1 aromatic heterocycles. The van der Waals surface area contributed by atoms with E-state index >= 15 is 0 Å². The van der Waals surface area contributed by atoms with Crippen LogP contribution in [0.4, 0.5) is 5.95 Å². The molecule has 0 atom stereocenters. The van der Waals surface area contributed by atoms with Crippen molar-refractivity contribution in [2.45, 2.75) is 6.92 Å². The van der Waals surface area contributed by atoms with Crippen molar-refractivity contribution in [2.24, 2.45) is 5.10 Å². The van der Waals surface area contributed by atoms with Crippen LogP contribution in [0.3, 0.4) is 0 Å². The largest absolute Gasteiger partial charge is 0.422 e. The molecule has 23 heavy (non-hydrogen) atoms. The fraction of sp³-hybridized carbons (Fsp3) is 0.0625. The lowest BCUT2D eigenvalue weighted by Gasteiger charge is -2.07. The second-order valence-corrected chi connectivity index (χ2v) is 5.32. The molecule has 0 spiro atoms. The minimum Gasteiger partial charge on any atom is -0.422 e. The molecule has 0 fully saturated rings. The Morgan fingerprint density at radius 2 is 1.91 bits per heavy atom. The summed E-state index contributed by atoms with van der Waals surface area (Å²) in [5.41, 5.74) is 4.05. The van der Waals surface area contributed by atoms with E-state index in [0.29, 0.717) is 26.4 Å². The number of aromatic nitrogens is 2. The first-order valence-electron chi connectivity index (χ1n) is 6.83. The molecule has 0 aliphatic heterocycles. The van der Waals surface area contributed by atoms with Gasteiger partial charge in [0.2, 0.25) is 0 Å². The Morgan fingerprint density at radius 1 is 1.22 bits per heavy atom. The van der Waals surface area contributed by atoms with Crippen molar-refractivity contribution in [2.75, 3.05) is 5.43 Å². The number of halogens is 1. The van der Waals surface area contributed by atoms with Crippen molar-refractivity contribution in [1.82, 2.24) is 9.71 Å². The van der Waals surface area contributed by atoms with Crippen LogP contribution >= 0.6 is 11.6 Å². The number of rotatable bonds is 3. The summed E-state index contributed by atoms with van der Waals surface area (Å²) in [5.74, 6) is -0.0537. The highest BCUT2D eigenvalue weighted by Gasteiger charge is 2.09. The molecule has 0 saturated heterocycles. The van der Waals surface area contributed by atoms with Gasteiger partial charge < -0.3 is 5.21 Å². The highest BCUT2D eigenvalue weighted by molar-refractivity contribution is 6.30. The minimum absolute atomic E-state index is 0.0537. The molecule has 0 unspecified atom stereocenters. The molecule has 0 amide bonds. The summed E-state index contributed by atoms with van der Waals surface area (Å²) >= 11 is 5.85. The summed E-state index contributed by atoms with van der Waals surface area (Å²) in [7, 11) is 0. The van der Waals surface area contributed by atoms with Gasteiger partial charge in [0.25, 0.3) is 11.5 Å². The zero-order valence-corrected chi connectivity index (χ0v) is 12.9. The van der Waals surface area contributed by atoms with Gasteiger partial charge in [-0.1, -0.05) is 35.9 Å². The Balaban J connectivity index is 1.95. The van der Waals surface area contributed by atoms with Crippen molar-refractivity contribution >= 4 is 34.2 Å². The Hall–Kier alpha value is -2.86. The maximum Gasteiger partial charge on any atom is 0.295 e. The van der Waals surface area contributed by atoms with Gasteiger partial charge in [-0.05, 0) is 36.8 Å². The van der Waals surface area contributed by atoms with Crippen LogP contribution in [-0.2, 0) is 0 Å². The highest BCUT2D eigenvalue weighted by atomic mass is 35.5. The molecule has 0 radical (unpaired) electrons. The van der Waals surface area contributed by atoms with Crippen molar-refractivity contribution < 1.29 is 5.21 Å². The molecule has 116 valence electrons. The maximum absolute atomic E-state index is 12.1. The average Bonchev–Trinajstić information content (AvgIpc) is 2.57. The number of fused-ring (bicyclic) bond motifs is 1. The summed E-state index contributed by atoms with van der Waals surface area (Å²) < 4.78 is 0.445. The number of hydrazone groups is 1. The third kappa shape index (κ3) is 3.02. The van der Waals surface area contributed by atoms with Gasteiger partial charge in [-0.2, -0.15) is 5.10 Å². The summed E-state index contributed by atoms with van der Waals surface area (Å²) in [4.78, 5) is 16.3. The van der Waals surface area contributed by atoms with E-state index in [-0.39, 0.29) is 5.95 Å². The second kappa shape index (κ2) is 6.10. The van der Waals surface area contributed by atoms with E-state index in [0.717, 1.165) is 5.56 Å². The predicted molar refractivity (Wildman–Crippen MR) is 90.5 cm³/mol. The van der Waals surface area contributed by atoms with Gasteiger partial charge >= 0.3 is 0 Å². The standard InChI is InChI=1S/C16H13ClN4O2/c1-10(11-6-8-12(17)9-7-11)19-20-16-18-14-5-3-2-4-13(14)15(22)21(16)23/h2-9,23H,1H3,(H,18,20)/b19-10+. The second-order valence-electron chi connectivity index (χ2n) is 4.89. The molecule has 0 aliphatic rings. The van der Waals surface area contributed by atoms with Crippen molar-refractivity contribution in [3.63, 3.8) is 0 Å². The highest BCUT2D eigenvalue weighted by Crippen LogP contribution is 2.12. The van der Waals surface area contributed by atoms with E-state index in [1.54, 1.807) is 43.3 Å². The Labute approximate surface area is 136 Å². The van der Waals surface area contributed by atoms with Crippen LogP contribution in [0.5, 0.6) is 0 Å². The third-order valence-electron chi connectivity index (χ3n) is 3.34. The van der Waals surface area contributed by atoms with Gasteiger partial charge in [-0.25, -0.2) is 10.4 Å². The lowest BCUT2D eigenvalue weighted by atomic mass is 10.1. The number of nitrogens with one attached hydrogen (secondary N) is 1. The number of hydrogen-bond donors (Lipinski definition) is 2. The van der Waals surface area contributed by atoms with Crippen LogP contribution in [0, 0.1) is 0 Å². The number of para-hydroxylation sites is 1. The molecular weight excluding hydrogens is 316 g/mol. The van der Waals surface area contributed by atoms with E-state index in [9.17, 15) is 10.0 Å². The normalized spacial score (nSPS) is 11.7. The van der Waals surface area contributed by atoms with E-state index in [1.807, 2.05) is 12.1 Å². The molecule has 7 heteroatoms. The first-order valence-corrected chi connectivity index (χ1v) is 7.21. The van der Waals surface area contributed by atoms with Crippen molar-refractivity contribution in [1.29, 1.82) is 0 Å². The monoisotopic (exact) mass is 328 g/mol. The fourth-order valence-corrected chi connectivity index (χ4v) is 2.21. The molecule has 0 bridgehead atoms. The SMILES string of the molecule is C/C(=N\Nc1nc2ccccc2c(=O)n1O)c1ccc(Cl)cc1. The molecule has 3 rings (SSSR count). The quantitative estimate of drug-likeness (QED) is 0.440. The lowest BCUT2D eigenvalue weighted by molar-refractivity contribution is 0.179. The van der Waals surface area contributed by atoms with Crippen LogP contribution in [0.15, 0.2) is 58.4 Å². The van der Waals surface area contributed by atoms with E-state index in [4.69, 9.17) is 11.6 Å². The Kier molecular flexibility index (Phi) is 3.99. The van der Waals surface area contributed by atoms with Crippen LogP contribution in [0.1, 0.15) is 12.5 Å². The molecule has 2 N–H and O–H groups in total. The van der Waals surface area contributed by atoms with Gasteiger partial charge in [-0.15, -0.1) is 4.73 Å². The van der Waals surface area contributed by atoms with Crippen molar-refractivity contribution in [3.05, 3.63) is 69.5 Å². The van der Waals surface area contributed by atoms with Crippen LogP contribution in [0.2, 0.25) is 5.02 Å². The maximum atomic E-state index is 12.1. The Bertz CT molecular complexity index is 948. The summed E-state index contributed by atoms with van der Waals surface area (Å²) in [5, 5.41) is 15.0. The smallest absolute Gasteiger partial charge is 0.295 e. The van der Waals surface area contributed by atoms with E-state index in [1.165, 1.54) is 0 Å². The van der Waals surface area contributed by atoms with Gasteiger partial charge in [0.1, 0.15) is 0 Å². The van der Waals surface area contributed by atoms with E-state index < -0.39 is 5.56 Å². The van der Waals surface area contributed by atoms with Crippen LogP contribution < -0.4 is 11.0 Å². The fourth-order valence-electron chi connectivity index (χ4n) is 2.09. The first kappa shape index (κ1) is 15.1. The van der Waals surface area contributed by atoms with Gasteiger partial charge in [-0.3, -0.25) is 4.79 Å². The minimum atomic E-state index is -0.558. The van der Waals surface area contributed by atoms with Crippen LogP contribution in [0.25, 0.3) is 10.9 Å². The molecule has 1 heterocycles. The molecule has 0 saturated carbocycles. The average molecular weight is 329 g/mol. The molecule has 0 aliphatic carbocycles. The van der Waals surface area contributed by atoms with Gasteiger partial charge in [0.05, 0.1) is 16.6 Å². The topological polar surface area (TPSA) is 79.5 Å². The molecular formula is C16H13ClN4O2. The predicted octanol–water partition coefficient (Wildman–Crippen LogP) is 3.12. The van der Waals surface area contributed by atoms with Crippen LogP contribution in [-0.4, -0.2) is 20.6 Å².